The third-order valence-electron chi connectivity index (χ3n) is 9.12. The molecule has 0 aromatic heterocycles. The first-order valence-corrected chi connectivity index (χ1v) is 20.5. The molecule has 1 rings (SSSR count). The maximum Gasteiger partial charge on any atom is 0.333 e. The number of nitrogens with one attached hydrogen (secondary N) is 3. The maximum absolute atomic E-state index is 12.8. The van der Waals surface area contributed by atoms with Crippen LogP contribution in [0.2, 0.25) is 0 Å². The molecular weight excluding hydrogens is 762 g/mol. The molecule has 4 N–H and O–H groups in total. The van der Waals surface area contributed by atoms with E-state index in [4.69, 9.17) is 9.84 Å². The third kappa shape index (κ3) is 26.7. The second-order valence-electron chi connectivity index (χ2n) is 16.2. The summed E-state index contributed by atoms with van der Waals surface area (Å²) < 4.78 is 17.2. The molecular formula is C44H74FN5O9. The molecule has 0 fully saturated rings. The van der Waals surface area contributed by atoms with Crippen LogP contribution >= 0.6 is 0 Å². The van der Waals surface area contributed by atoms with Gasteiger partial charge in [0.2, 0.25) is 23.6 Å². The van der Waals surface area contributed by atoms with Gasteiger partial charge in [0, 0.05) is 19.7 Å². The van der Waals surface area contributed by atoms with E-state index in [1.54, 1.807) is 32.1 Å². The van der Waals surface area contributed by atoms with Crippen molar-refractivity contribution in [2.45, 2.75) is 133 Å². The zero-order valence-electron chi connectivity index (χ0n) is 38.1. The molecule has 0 aliphatic rings. The summed E-state index contributed by atoms with van der Waals surface area (Å²) in [7, 11) is 2.72. The van der Waals surface area contributed by atoms with Gasteiger partial charge in [0.15, 0.2) is 6.61 Å². The summed E-state index contributed by atoms with van der Waals surface area (Å²) in [5.41, 5.74) is 1.49. The van der Waals surface area contributed by atoms with Crippen LogP contribution in [0.25, 0.3) is 0 Å². The number of hydrogen-bond acceptors (Lipinski definition) is 8. The number of rotatable bonds is 21. The molecule has 0 bridgehead atoms. The van der Waals surface area contributed by atoms with Crippen molar-refractivity contribution in [1.29, 1.82) is 0 Å². The van der Waals surface area contributed by atoms with Crippen LogP contribution in [0.4, 0.5) is 4.39 Å². The predicted molar refractivity (Wildman–Crippen MR) is 228 cm³/mol. The van der Waals surface area contributed by atoms with Gasteiger partial charge in [-0.25, -0.2) is 9.18 Å². The molecule has 0 saturated heterocycles. The number of benzene rings is 1. The first kappa shape index (κ1) is 56.3. The van der Waals surface area contributed by atoms with E-state index >= 15 is 0 Å². The van der Waals surface area contributed by atoms with Gasteiger partial charge in [-0.3, -0.25) is 28.8 Å². The van der Waals surface area contributed by atoms with E-state index in [1.807, 2.05) is 13.8 Å². The zero-order chi connectivity index (χ0) is 46.0. The summed E-state index contributed by atoms with van der Waals surface area (Å²) in [5, 5.41) is 16.4. The highest BCUT2D eigenvalue weighted by Crippen LogP contribution is 2.19. The first-order valence-electron chi connectivity index (χ1n) is 20.5. The van der Waals surface area contributed by atoms with Crippen LogP contribution in [0.3, 0.4) is 0 Å². The molecule has 0 aliphatic heterocycles. The van der Waals surface area contributed by atoms with E-state index in [0.29, 0.717) is 23.8 Å². The lowest BCUT2D eigenvalue weighted by Gasteiger charge is -2.27. The average Bonchev–Trinajstić information content (AvgIpc) is 3.15. The molecule has 0 saturated carbocycles. The van der Waals surface area contributed by atoms with E-state index in [0.717, 1.165) is 47.0 Å². The Labute approximate surface area is 352 Å². The maximum atomic E-state index is 12.8. The van der Waals surface area contributed by atoms with Crippen LogP contribution in [0.5, 0.6) is 0 Å². The predicted octanol–water partition coefficient (Wildman–Crippen LogP) is 5.67. The van der Waals surface area contributed by atoms with Crippen LogP contribution in [0, 0.1) is 36.4 Å². The van der Waals surface area contributed by atoms with Gasteiger partial charge in [0.25, 0.3) is 5.91 Å². The number of esters is 1. The fraction of sp³-hybridized carbons (Fsp3) is 0.659. The van der Waals surface area contributed by atoms with E-state index in [2.05, 4.69) is 57.5 Å². The number of hydrogen-bond donors (Lipinski definition) is 4. The number of carbonyl (C=O) groups excluding carboxylic acids is 6. The minimum absolute atomic E-state index is 0.171. The number of nitrogens with zero attached hydrogens (tertiary/aromatic N) is 2. The summed E-state index contributed by atoms with van der Waals surface area (Å²) in [6.07, 6.45) is 6.25. The molecule has 14 nitrogen and oxygen atoms in total. The number of aliphatic carboxylic acids is 1. The molecule has 0 aliphatic carbocycles. The highest BCUT2D eigenvalue weighted by molar-refractivity contribution is 5.94. The summed E-state index contributed by atoms with van der Waals surface area (Å²) in [4.78, 5) is 88.7. The Morgan fingerprint density at radius 3 is 1.83 bits per heavy atom. The summed E-state index contributed by atoms with van der Waals surface area (Å²) >= 11 is 0. The molecule has 0 spiro atoms. The summed E-state index contributed by atoms with van der Waals surface area (Å²) in [6.45, 7) is 21.5. The SMILES string of the molecule is CC(C)C.CCC(C)C(NC(=O)CN(C)C(=O)CN(C)C(=O)C(C)NC(=O)COC(=O)/C(C)=C/CCC(C)C[C@@H](C)CC)C(=O)N[C@H](C)C(=O)O.Cc1ccc(F)cc1. The number of carboxylic acid groups (broad SMARTS) is 1. The van der Waals surface area contributed by atoms with Gasteiger partial charge >= 0.3 is 11.9 Å². The van der Waals surface area contributed by atoms with Crippen LogP contribution in [0.1, 0.15) is 114 Å². The van der Waals surface area contributed by atoms with Crippen molar-refractivity contribution < 1.29 is 47.8 Å². The van der Waals surface area contributed by atoms with Crippen molar-refractivity contribution in [2.24, 2.45) is 23.7 Å². The van der Waals surface area contributed by atoms with E-state index in [1.165, 1.54) is 40.1 Å². The van der Waals surface area contributed by atoms with Crippen molar-refractivity contribution in [3.05, 3.63) is 47.3 Å². The minimum atomic E-state index is -1.22. The van der Waals surface area contributed by atoms with Crippen molar-refractivity contribution in [2.75, 3.05) is 33.8 Å². The van der Waals surface area contributed by atoms with Crippen molar-refractivity contribution in [1.82, 2.24) is 25.8 Å². The fourth-order valence-electron chi connectivity index (χ4n) is 5.08. The lowest BCUT2D eigenvalue weighted by Crippen LogP contribution is -2.55. The lowest BCUT2D eigenvalue weighted by atomic mass is 9.92. The number of halogens is 1. The number of aryl methyl sites for hydroxylation is 1. The molecule has 1 aromatic rings. The second kappa shape index (κ2) is 30.3. The number of carboxylic acids is 1. The first-order chi connectivity index (χ1) is 27.4. The van der Waals surface area contributed by atoms with Crippen molar-refractivity contribution in [3.63, 3.8) is 0 Å². The summed E-state index contributed by atoms with van der Waals surface area (Å²) in [5.74, 6) is -3.45. The number of likely N-dealkylation sites (N-methyl/N-ethyl adjacent to an activating group) is 2. The van der Waals surface area contributed by atoms with Gasteiger partial charge < -0.3 is 35.6 Å². The molecule has 5 amide bonds. The lowest BCUT2D eigenvalue weighted by molar-refractivity contribution is -0.146. The van der Waals surface area contributed by atoms with E-state index < -0.39 is 79.3 Å². The number of amides is 5. The largest absolute Gasteiger partial charge is 0.480 e. The van der Waals surface area contributed by atoms with Crippen LogP contribution in [-0.2, 0) is 38.3 Å². The average molecular weight is 836 g/mol. The Bertz CT molecular complexity index is 1480. The number of carbonyl (C=O) groups is 7. The fourth-order valence-corrected chi connectivity index (χ4v) is 5.08. The Hall–Kier alpha value is -4.82. The Morgan fingerprint density at radius 2 is 1.34 bits per heavy atom. The van der Waals surface area contributed by atoms with Crippen LogP contribution < -0.4 is 16.0 Å². The van der Waals surface area contributed by atoms with Crippen molar-refractivity contribution in [3.8, 4) is 0 Å². The molecule has 6 atom stereocenters. The molecule has 4 unspecified atom stereocenters. The molecule has 0 radical (unpaired) electrons. The molecule has 336 valence electrons. The molecule has 15 heteroatoms. The van der Waals surface area contributed by atoms with Gasteiger partial charge in [-0.1, -0.05) is 92.0 Å². The normalized spacial score (nSPS) is 13.9. The molecule has 0 heterocycles. The van der Waals surface area contributed by atoms with Gasteiger partial charge in [-0.2, -0.15) is 0 Å². The monoisotopic (exact) mass is 836 g/mol. The molecule has 59 heavy (non-hydrogen) atoms. The molecule has 1 aromatic carbocycles. The minimum Gasteiger partial charge on any atom is -0.480 e. The Balaban J connectivity index is 0. The van der Waals surface area contributed by atoms with E-state index in [9.17, 15) is 38.0 Å². The number of allylic oxidation sites excluding steroid dienone is 1. The van der Waals surface area contributed by atoms with Crippen molar-refractivity contribution >= 4 is 41.5 Å². The topological polar surface area (TPSA) is 192 Å². The van der Waals surface area contributed by atoms with Gasteiger partial charge in [-0.05, 0) is 82.8 Å². The zero-order valence-corrected chi connectivity index (χ0v) is 38.1. The second-order valence-corrected chi connectivity index (χ2v) is 16.2. The van der Waals surface area contributed by atoms with Gasteiger partial charge in [-0.15, -0.1) is 0 Å². The van der Waals surface area contributed by atoms with Crippen LogP contribution in [-0.4, -0.2) is 108 Å². The standard InChI is InChI=1S/C33H57N5O9.C7H7F.C4H10/c1-11-20(3)16-21(4)14-13-15-23(6)33(46)47-19-27(40)34-24(7)31(43)38(10)18-28(41)37(9)17-26(39)36-29(22(5)12-2)30(42)35-25(8)32(44)45;1-6-2-4-7(8)5-3-6;1-4(2)3/h15,20-22,24-25,29H,11-14,16-19H2,1-10H3,(H,34,40)(H,35,42)(H,36,39)(H,44,45);2-5H,1H3;4H,1-3H3/b23-15+;;/t20-,21?,22?,24?,25+,29?;;/m0../s1. The highest BCUT2D eigenvalue weighted by atomic mass is 19.1. The van der Waals surface area contributed by atoms with Gasteiger partial charge in [0.05, 0.1) is 13.1 Å². The summed E-state index contributed by atoms with van der Waals surface area (Å²) in [6, 6.07) is 3.20. The quantitative estimate of drug-likeness (QED) is 0.0894. The smallest absolute Gasteiger partial charge is 0.333 e. The Kier molecular flexibility index (Phi) is 28.9. The van der Waals surface area contributed by atoms with Gasteiger partial charge in [0.1, 0.15) is 23.9 Å². The van der Waals surface area contributed by atoms with E-state index in [-0.39, 0.29) is 11.7 Å². The third-order valence-corrected chi connectivity index (χ3v) is 9.12. The van der Waals surface area contributed by atoms with Crippen LogP contribution in [0.15, 0.2) is 35.9 Å². The highest BCUT2D eigenvalue weighted by Gasteiger charge is 2.29. The number of ether oxygens (including phenoxy) is 1. The Morgan fingerprint density at radius 1 is 0.780 bits per heavy atom.